The Morgan fingerprint density at radius 3 is 2.54 bits per heavy atom. The second-order valence-corrected chi connectivity index (χ2v) is 11.6. The summed E-state index contributed by atoms with van der Waals surface area (Å²) in [5.41, 5.74) is 3.49. The molecular weight excluding hydrogens is 575 g/mol. The molecule has 0 saturated carbocycles. The van der Waals surface area contributed by atoms with Gasteiger partial charge in [0, 0.05) is 34.3 Å². The zero-order chi connectivity index (χ0) is 28.1. The van der Waals surface area contributed by atoms with Crippen molar-refractivity contribution < 1.29 is 19.4 Å². The van der Waals surface area contributed by atoms with Crippen molar-refractivity contribution in [3.05, 3.63) is 92.3 Å². The Morgan fingerprint density at radius 2 is 1.85 bits per heavy atom. The van der Waals surface area contributed by atoms with E-state index in [1.54, 1.807) is 53.4 Å². The zero-order valence-electron chi connectivity index (χ0n) is 21.3. The average Bonchev–Trinajstić information content (AvgIpc) is 3.16. The van der Waals surface area contributed by atoms with Crippen LogP contribution < -0.4 is 4.74 Å². The number of carbonyl (C=O) groups is 2. The van der Waals surface area contributed by atoms with Crippen LogP contribution in [0.5, 0.6) is 5.75 Å². The van der Waals surface area contributed by atoms with Crippen LogP contribution in [-0.2, 0) is 11.2 Å². The lowest BCUT2D eigenvalue weighted by atomic mass is 10.0. The van der Waals surface area contributed by atoms with E-state index in [1.807, 2.05) is 37.2 Å². The van der Waals surface area contributed by atoms with Gasteiger partial charge >= 0.3 is 5.97 Å². The number of carboxylic acid groups (broad SMARTS) is 1. The van der Waals surface area contributed by atoms with Gasteiger partial charge in [0.25, 0.3) is 5.91 Å². The number of amides is 1. The van der Waals surface area contributed by atoms with Gasteiger partial charge in [0.15, 0.2) is 0 Å². The summed E-state index contributed by atoms with van der Waals surface area (Å²) in [6, 6.07) is 17.6. The molecule has 6 nitrogen and oxygen atoms in total. The Balaban J connectivity index is 1.59. The van der Waals surface area contributed by atoms with Crippen LogP contribution in [0.1, 0.15) is 21.5 Å². The number of carbonyl (C=O) groups excluding carboxylic acids is 1. The van der Waals surface area contributed by atoms with E-state index in [0.29, 0.717) is 44.6 Å². The molecule has 1 N–H and O–H groups in total. The van der Waals surface area contributed by atoms with Gasteiger partial charge in [-0.1, -0.05) is 65.4 Å². The smallest absolute Gasteiger partial charge is 0.335 e. The number of nitrogens with zero attached hydrogens (tertiary/aromatic N) is 2. The third-order valence-corrected chi connectivity index (χ3v) is 7.97. The van der Waals surface area contributed by atoms with Crippen molar-refractivity contribution in [2.24, 2.45) is 0 Å². The van der Waals surface area contributed by atoms with Crippen molar-refractivity contribution in [3.8, 4) is 16.9 Å². The molecule has 0 aliphatic carbocycles. The van der Waals surface area contributed by atoms with E-state index < -0.39 is 5.97 Å². The highest BCUT2D eigenvalue weighted by molar-refractivity contribution is 8.26. The molecule has 1 aliphatic heterocycles. The Morgan fingerprint density at radius 1 is 1.10 bits per heavy atom. The highest BCUT2D eigenvalue weighted by atomic mass is 35.5. The molecule has 1 amide bonds. The van der Waals surface area contributed by atoms with Crippen molar-refractivity contribution >= 4 is 69.5 Å². The number of rotatable bonds is 10. The normalized spacial score (nSPS) is 14.5. The molecule has 3 aromatic carbocycles. The van der Waals surface area contributed by atoms with Crippen molar-refractivity contribution in [1.29, 1.82) is 0 Å². The van der Waals surface area contributed by atoms with Crippen LogP contribution in [0.15, 0.2) is 65.6 Å². The molecule has 0 radical (unpaired) electrons. The first-order valence-electron chi connectivity index (χ1n) is 12.1. The lowest BCUT2D eigenvalue weighted by Gasteiger charge is -2.15. The maximum Gasteiger partial charge on any atom is 0.335 e. The molecule has 4 rings (SSSR count). The number of benzene rings is 3. The second kappa shape index (κ2) is 13.0. The van der Waals surface area contributed by atoms with Gasteiger partial charge in [-0.2, -0.15) is 0 Å². The van der Waals surface area contributed by atoms with E-state index in [-0.39, 0.29) is 11.5 Å². The number of thioether (sulfide) groups is 1. The van der Waals surface area contributed by atoms with Crippen molar-refractivity contribution in [1.82, 2.24) is 9.80 Å². The van der Waals surface area contributed by atoms with Gasteiger partial charge in [0.2, 0.25) is 0 Å². The van der Waals surface area contributed by atoms with Crippen LogP contribution >= 0.6 is 47.2 Å². The third kappa shape index (κ3) is 7.41. The molecule has 1 fully saturated rings. The summed E-state index contributed by atoms with van der Waals surface area (Å²) in [5.74, 6) is -0.518. The van der Waals surface area contributed by atoms with Gasteiger partial charge in [-0.25, -0.2) is 4.79 Å². The van der Waals surface area contributed by atoms with E-state index in [0.717, 1.165) is 28.8 Å². The van der Waals surface area contributed by atoms with Gasteiger partial charge in [-0.05, 0) is 80.2 Å². The zero-order valence-corrected chi connectivity index (χ0v) is 24.5. The largest absolute Gasteiger partial charge is 0.492 e. The number of hydrogen-bond acceptors (Lipinski definition) is 6. The topological polar surface area (TPSA) is 70.1 Å². The molecule has 1 saturated heterocycles. The summed E-state index contributed by atoms with van der Waals surface area (Å²) >= 11 is 19.5. The Hall–Kier alpha value is -2.88. The van der Waals surface area contributed by atoms with Crippen LogP contribution in [0.3, 0.4) is 0 Å². The summed E-state index contributed by atoms with van der Waals surface area (Å²) in [7, 11) is 3.95. The number of ether oxygens (including phenoxy) is 1. The summed E-state index contributed by atoms with van der Waals surface area (Å²) in [6.45, 7) is 1.60. The van der Waals surface area contributed by atoms with Gasteiger partial charge in [0.05, 0.1) is 10.5 Å². The third-order valence-electron chi connectivity index (χ3n) is 6.03. The number of halogens is 2. The summed E-state index contributed by atoms with van der Waals surface area (Å²) < 4.78 is 6.54. The SMILES string of the molecule is CN(C)CCOc1ccc(-c2cc(Cl)ccc2Cl)cc1C=C1SC(=S)N(CCc2ccc(C(=O)O)cc2)C1=O. The highest BCUT2D eigenvalue weighted by Crippen LogP contribution is 2.37. The molecule has 3 aromatic rings. The van der Waals surface area contributed by atoms with E-state index in [4.69, 9.17) is 45.3 Å². The van der Waals surface area contributed by atoms with Gasteiger partial charge < -0.3 is 14.7 Å². The first-order valence-corrected chi connectivity index (χ1v) is 14.0. The minimum Gasteiger partial charge on any atom is -0.492 e. The molecule has 0 bridgehead atoms. The van der Waals surface area contributed by atoms with E-state index >= 15 is 0 Å². The molecule has 1 heterocycles. The molecule has 0 spiro atoms. The van der Waals surface area contributed by atoms with Crippen LogP contribution in [-0.4, -0.2) is 64.9 Å². The lowest BCUT2D eigenvalue weighted by Crippen LogP contribution is -2.30. The van der Waals surface area contributed by atoms with Gasteiger partial charge in [-0.3, -0.25) is 9.69 Å². The van der Waals surface area contributed by atoms with Crippen LogP contribution in [0, 0.1) is 0 Å². The minimum absolute atomic E-state index is 0.183. The monoisotopic (exact) mass is 600 g/mol. The highest BCUT2D eigenvalue weighted by Gasteiger charge is 2.32. The van der Waals surface area contributed by atoms with Crippen LogP contribution in [0.2, 0.25) is 10.0 Å². The predicted molar refractivity (Wildman–Crippen MR) is 163 cm³/mol. The van der Waals surface area contributed by atoms with Crippen molar-refractivity contribution in [2.75, 3.05) is 33.8 Å². The molecule has 0 atom stereocenters. The molecule has 0 unspecified atom stereocenters. The lowest BCUT2D eigenvalue weighted by molar-refractivity contribution is -0.122. The molecule has 202 valence electrons. The quantitative estimate of drug-likeness (QED) is 0.204. The maximum absolute atomic E-state index is 13.3. The fraction of sp³-hybridized carbons (Fsp3) is 0.207. The number of carboxylic acids is 1. The van der Waals surface area contributed by atoms with Crippen molar-refractivity contribution in [3.63, 3.8) is 0 Å². The number of likely N-dealkylation sites (N-methyl/N-ethyl adjacent to an activating group) is 1. The maximum atomic E-state index is 13.3. The summed E-state index contributed by atoms with van der Waals surface area (Å²) in [5, 5.41) is 10.2. The molecule has 10 heteroatoms. The first-order chi connectivity index (χ1) is 18.6. The first kappa shape index (κ1) is 29.1. The van der Waals surface area contributed by atoms with Gasteiger partial charge in [0.1, 0.15) is 16.7 Å². The van der Waals surface area contributed by atoms with E-state index in [2.05, 4.69) is 0 Å². The fourth-order valence-electron chi connectivity index (χ4n) is 3.91. The predicted octanol–water partition coefficient (Wildman–Crippen LogP) is 6.74. The Kier molecular flexibility index (Phi) is 9.69. The minimum atomic E-state index is -0.976. The molecule has 0 aromatic heterocycles. The molecule has 39 heavy (non-hydrogen) atoms. The number of aromatic carboxylic acids is 1. The van der Waals surface area contributed by atoms with Gasteiger partial charge in [-0.15, -0.1) is 0 Å². The van der Waals surface area contributed by atoms with E-state index in [1.165, 1.54) is 11.8 Å². The average molecular weight is 602 g/mol. The fourth-order valence-corrected chi connectivity index (χ4v) is 5.60. The Bertz CT molecular complexity index is 1440. The van der Waals surface area contributed by atoms with Crippen LogP contribution in [0.25, 0.3) is 17.2 Å². The number of hydrogen-bond donors (Lipinski definition) is 1. The second-order valence-electron chi connectivity index (χ2n) is 9.11. The van der Waals surface area contributed by atoms with Crippen molar-refractivity contribution in [2.45, 2.75) is 6.42 Å². The molecular formula is C29H26Cl2N2O4S2. The molecule has 1 aliphatic rings. The standard InChI is InChI=1S/C29H26Cl2N2O4S2/c1-32(2)13-14-37-25-10-7-20(23-17-22(30)8-9-24(23)31)15-21(25)16-26-27(34)33(29(38)39-26)12-11-18-3-5-19(6-4-18)28(35)36/h3-10,15-17H,11-14H2,1-2H3,(H,35,36). The summed E-state index contributed by atoms with van der Waals surface area (Å²) in [6.07, 6.45) is 2.34. The summed E-state index contributed by atoms with van der Waals surface area (Å²) in [4.78, 5) is 28.5. The number of thiocarbonyl (C=S) groups is 1. The van der Waals surface area contributed by atoms with Crippen LogP contribution in [0.4, 0.5) is 0 Å². The Labute approximate surface area is 247 Å². The van der Waals surface area contributed by atoms with E-state index in [9.17, 15) is 9.59 Å².